The Morgan fingerprint density at radius 2 is 1.95 bits per heavy atom. The summed E-state index contributed by atoms with van der Waals surface area (Å²) in [5.41, 5.74) is 1.24. The van der Waals surface area contributed by atoms with E-state index in [9.17, 15) is 4.79 Å². The summed E-state index contributed by atoms with van der Waals surface area (Å²) in [5.74, 6) is 1.22. The van der Waals surface area contributed by atoms with Crippen LogP contribution >= 0.6 is 0 Å². The number of nitrogens with zero attached hydrogens (tertiary/aromatic N) is 2. The van der Waals surface area contributed by atoms with Crippen molar-refractivity contribution >= 4 is 5.91 Å². The van der Waals surface area contributed by atoms with Crippen molar-refractivity contribution in [1.82, 2.24) is 9.80 Å². The van der Waals surface area contributed by atoms with Gasteiger partial charge in [-0.05, 0) is 30.7 Å². The number of carbonyl (C=O) groups is 1. The van der Waals surface area contributed by atoms with Gasteiger partial charge in [-0.2, -0.15) is 0 Å². The molecule has 1 aromatic carbocycles. The van der Waals surface area contributed by atoms with Crippen LogP contribution in [0.5, 0.6) is 0 Å². The smallest absolute Gasteiger partial charge is 0.224 e. The van der Waals surface area contributed by atoms with Gasteiger partial charge in [0, 0.05) is 38.6 Å². The van der Waals surface area contributed by atoms with E-state index in [1.54, 1.807) is 0 Å². The van der Waals surface area contributed by atoms with Gasteiger partial charge in [0.05, 0.1) is 0 Å². The van der Waals surface area contributed by atoms with E-state index in [4.69, 9.17) is 0 Å². The molecule has 1 saturated heterocycles. The number of rotatable bonds is 5. The zero-order chi connectivity index (χ0) is 14.7. The molecule has 1 saturated carbocycles. The lowest BCUT2D eigenvalue weighted by molar-refractivity contribution is -0.133. The number of hydrogen-bond donors (Lipinski definition) is 0. The van der Waals surface area contributed by atoms with E-state index in [2.05, 4.69) is 41.0 Å². The topological polar surface area (TPSA) is 23.6 Å². The zero-order valence-corrected chi connectivity index (χ0v) is 13.0. The Bertz CT molecular complexity index is 469. The molecule has 1 aromatic rings. The molecule has 2 aliphatic rings. The maximum absolute atomic E-state index is 12.5. The summed E-state index contributed by atoms with van der Waals surface area (Å²) in [6.07, 6.45) is 4.49. The van der Waals surface area contributed by atoms with Gasteiger partial charge >= 0.3 is 0 Å². The SMILES string of the molecule is CC[C@@H]1CN(CC2CC2)CCC(=O)N1Cc1ccccc1. The average Bonchev–Trinajstić information content (AvgIpc) is 3.33. The molecule has 1 aliphatic heterocycles. The molecule has 1 amide bonds. The van der Waals surface area contributed by atoms with E-state index in [-0.39, 0.29) is 0 Å². The average molecular weight is 286 g/mol. The van der Waals surface area contributed by atoms with Gasteiger partial charge in [-0.15, -0.1) is 0 Å². The molecule has 0 bridgehead atoms. The van der Waals surface area contributed by atoms with Gasteiger partial charge in [0.1, 0.15) is 0 Å². The number of carbonyl (C=O) groups excluding carboxylic acids is 1. The first-order valence-corrected chi connectivity index (χ1v) is 8.32. The summed E-state index contributed by atoms with van der Waals surface area (Å²) in [6.45, 7) is 6.15. The minimum Gasteiger partial charge on any atom is -0.334 e. The Hall–Kier alpha value is -1.35. The van der Waals surface area contributed by atoms with Crippen molar-refractivity contribution in [2.45, 2.75) is 45.2 Å². The van der Waals surface area contributed by atoms with E-state index in [0.29, 0.717) is 18.4 Å². The van der Waals surface area contributed by atoms with Crippen LogP contribution in [0.4, 0.5) is 0 Å². The first-order chi connectivity index (χ1) is 10.3. The largest absolute Gasteiger partial charge is 0.334 e. The summed E-state index contributed by atoms with van der Waals surface area (Å²) in [7, 11) is 0. The van der Waals surface area contributed by atoms with Crippen LogP contribution in [0, 0.1) is 5.92 Å². The van der Waals surface area contributed by atoms with Crippen LogP contribution in [0.2, 0.25) is 0 Å². The Kier molecular flexibility index (Phi) is 4.59. The zero-order valence-electron chi connectivity index (χ0n) is 13.0. The van der Waals surface area contributed by atoms with Crippen LogP contribution in [0.3, 0.4) is 0 Å². The molecule has 21 heavy (non-hydrogen) atoms. The molecule has 0 N–H and O–H groups in total. The van der Waals surface area contributed by atoms with Gasteiger partial charge in [0.25, 0.3) is 0 Å². The van der Waals surface area contributed by atoms with Crippen molar-refractivity contribution in [3.8, 4) is 0 Å². The van der Waals surface area contributed by atoms with E-state index in [1.165, 1.54) is 24.9 Å². The molecule has 1 heterocycles. The van der Waals surface area contributed by atoms with Crippen LogP contribution in [-0.4, -0.2) is 41.4 Å². The van der Waals surface area contributed by atoms with Gasteiger partial charge in [-0.3, -0.25) is 4.79 Å². The van der Waals surface area contributed by atoms with Gasteiger partial charge < -0.3 is 9.80 Å². The Labute approximate surface area is 127 Å². The summed E-state index contributed by atoms with van der Waals surface area (Å²) < 4.78 is 0. The van der Waals surface area contributed by atoms with Crippen LogP contribution in [-0.2, 0) is 11.3 Å². The molecule has 2 fully saturated rings. The molecule has 114 valence electrons. The highest BCUT2D eigenvalue weighted by Gasteiger charge is 2.31. The van der Waals surface area contributed by atoms with Crippen molar-refractivity contribution in [3.63, 3.8) is 0 Å². The fourth-order valence-electron chi connectivity index (χ4n) is 3.27. The van der Waals surface area contributed by atoms with E-state index >= 15 is 0 Å². The normalized spacial score (nSPS) is 24.1. The highest BCUT2D eigenvalue weighted by molar-refractivity contribution is 5.77. The molecule has 1 atom stereocenters. The maximum Gasteiger partial charge on any atom is 0.224 e. The van der Waals surface area contributed by atoms with E-state index in [0.717, 1.165) is 32.0 Å². The minimum atomic E-state index is 0.323. The summed E-state index contributed by atoms with van der Waals surface area (Å²) >= 11 is 0. The molecule has 0 unspecified atom stereocenters. The quantitative estimate of drug-likeness (QED) is 0.831. The predicted molar refractivity (Wildman–Crippen MR) is 84.9 cm³/mol. The maximum atomic E-state index is 12.5. The fraction of sp³-hybridized carbons (Fsp3) is 0.611. The number of amides is 1. The number of benzene rings is 1. The molecule has 3 rings (SSSR count). The van der Waals surface area contributed by atoms with Crippen LogP contribution in [0.15, 0.2) is 30.3 Å². The van der Waals surface area contributed by atoms with E-state index in [1.807, 2.05) is 6.07 Å². The Morgan fingerprint density at radius 3 is 2.62 bits per heavy atom. The monoisotopic (exact) mass is 286 g/mol. The summed E-state index contributed by atoms with van der Waals surface area (Å²) in [5, 5.41) is 0. The second-order valence-corrected chi connectivity index (χ2v) is 6.52. The fourth-order valence-corrected chi connectivity index (χ4v) is 3.27. The summed E-state index contributed by atoms with van der Waals surface area (Å²) in [4.78, 5) is 17.2. The lowest BCUT2D eigenvalue weighted by Gasteiger charge is -2.31. The molecule has 0 radical (unpaired) electrons. The third kappa shape index (κ3) is 3.85. The highest BCUT2D eigenvalue weighted by Crippen LogP contribution is 2.30. The van der Waals surface area contributed by atoms with Crippen molar-refractivity contribution < 1.29 is 4.79 Å². The van der Waals surface area contributed by atoms with Crippen LogP contribution in [0.1, 0.15) is 38.2 Å². The van der Waals surface area contributed by atoms with Crippen molar-refractivity contribution in [3.05, 3.63) is 35.9 Å². The molecule has 3 nitrogen and oxygen atoms in total. The van der Waals surface area contributed by atoms with Crippen molar-refractivity contribution in [2.75, 3.05) is 19.6 Å². The first kappa shape index (κ1) is 14.6. The highest BCUT2D eigenvalue weighted by atomic mass is 16.2. The third-order valence-corrected chi connectivity index (χ3v) is 4.75. The summed E-state index contributed by atoms with van der Waals surface area (Å²) in [6, 6.07) is 10.7. The second kappa shape index (κ2) is 6.61. The molecule has 0 spiro atoms. The Balaban J connectivity index is 1.69. The Morgan fingerprint density at radius 1 is 1.19 bits per heavy atom. The number of hydrogen-bond acceptors (Lipinski definition) is 2. The third-order valence-electron chi connectivity index (χ3n) is 4.75. The molecular weight excluding hydrogens is 260 g/mol. The second-order valence-electron chi connectivity index (χ2n) is 6.52. The standard InChI is InChI=1S/C18H26N2O/c1-2-17-14-19(12-16-8-9-16)11-10-18(21)20(17)13-15-6-4-3-5-7-15/h3-7,16-17H,2,8-14H2,1H3/t17-/m1/s1. The molecule has 1 aliphatic carbocycles. The van der Waals surface area contributed by atoms with Gasteiger partial charge in [-0.25, -0.2) is 0 Å². The van der Waals surface area contributed by atoms with Gasteiger partial charge in [0.15, 0.2) is 0 Å². The van der Waals surface area contributed by atoms with E-state index < -0.39 is 0 Å². The minimum absolute atomic E-state index is 0.323. The predicted octanol–water partition coefficient (Wildman–Crippen LogP) is 2.91. The van der Waals surface area contributed by atoms with Crippen molar-refractivity contribution in [1.29, 1.82) is 0 Å². The molecule has 0 aromatic heterocycles. The lowest BCUT2D eigenvalue weighted by atomic mass is 10.1. The molecular formula is C18H26N2O. The van der Waals surface area contributed by atoms with Crippen molar-refractivity contribution in [2.24, 2.45) is 5.92 Å². The van der Waals surface area contributed by atoms with Crippen LogP contribution in [0.25, 0.3) is 0 Å². The van der Waals surface area contributed by atoms with Gasteiger partial charge in [-0.1, -0.05) is 37.3 Å². The molecule has 3 heteroatoms. The first-order valence-electron chi connectivity index (χ1n) is 8.32. The lowest BCUT2D eigenvalue weighted by Crippen LogP contribution is -2.42. The van der Waals surface area contributed by atoms with Crippen LogP contribution < -0.4 is 0 Å². The van der Waals surface area contributed by atoms with Gasteiger partial charge in [0.2, 0.25) is 5.91 Å².